The number of ether oxygens (including phenoxy) is 6. The molecule has 0 N–H and O–H groups in total. The van der Waals surface area contributed by atoms with Gasteiger partial charge in [-0.2, -0.15) is 0 Å². The second kappa shape index (κ2) is 3.35. The Balaban J connectivity index is 1.32. The number of esters is 2. The molecule has 176 valence electrons. The highest BCUT2D eigenvalue weighted by Crippen LogP contribution is 3.17. The molecule has 0 amide bonds. The first-order valence-corrected chi connectivity index (χ1v) is 13.1. The van der Waals surface area contributed by atoms with Crippen molar-refractivity contribution in [3.8, 4) is 0 Å². The Morgan fingerprint density at radius 2 is 0.824 bits per heavy atom. The van der Waals surface area contributed by atoms with Gasteiger partial charge in [-0.3, -0.25) is 9.59 Å². The molecule has 0 bridgehead atoms. The molecule has 12 atom stereocenters. The lowest BCUT2D eigenvalue weighted by atomic mass is 9.59. The van der Waals surface area contributed by atoms with Crippen LogP contribution in [0.15, 0.2) is 0 Å². The van der Waals surface area contributed by atoms with Crippen LogP contribution in [0.5, 0.6) is 0 Å². The van der Waals surface area contributed by atoms with Crippen LogP contribution in [0.2, 0.25) is 0 Å². The third-order valence-corrected chi connectivity index (χ3v) is 16.3. The van der Waals surface area contributed by atoms with Gasteiger partial charge in [0.2, 0.25) is 0 Å². The largest absolute Gasteiger partial charge is 0.468 e. The number of carbonyl (C=O) groups is 2. The molecule has 8 nitrogen and oxygen atoms in total. The second-order valence-electron chi connectivity index (χ2n) is 14.2. The van der Waals surface area contributed by atoms with E-state index in [9.17, 15) is 9.59 Å². The third kappa shape index (κ3) is 0.677. The van der Waals surface area contributed by atoms with E-state index in [1.54, 1.807) is 14.2 Å². The van der Waals surface area contributed by atoms with E-state index in [1.807, 2.05) is 14.2 Å². The van der Waals surface area contributed by atoms with Crippen molar-refractivity contribution in [2.45, 2.75) is 33.6 Å². The minimum absolute atomic E-state index is 0.0495. The number of epoxide rings is 2. The Bertz CT molecular complexity index is 1210. The first-order valence-electron chi connectivity index (χ1n) is 13.1. The fourth-order valence-corrected chi connectivity index (χ4v) is 18.3. The summed E-state index contributed by atoms with van der Waals surface area (Å²) in [6.07, 6.45) is 0. The lowest BCUT2D eigenvalue weighted by molar-refractivity contribution is -0.201. The van der Waals surface area contributed by atoms with E-state index in [1.165, 1.54) is 0 Å². The van der Waals surface area contributed by atoms with Crippen LogP contribution in [0.4, 0.5) is 0 Å². The minimum atomic E-state index is -0.718. The van der Waals surface area contributed by atoms with Crippen LogP contribution < -0.4 is 0 Å². The van der Waals surface area contributed by atoms with Gasteiger partial charge in [-0.25, -0.2) is 0 Å². The number of hydrogen-bond donors (Lipinski definition) is 0. The zero-order valence-corrected chi connectivity index (χ0v) is 19.2. The van der Waals surface area contributed by atoms with Crippen molar-refractivity contribution in [1.29, 1.82) is 0 Å². The monoisotopic (exact) mass is 464 g/mol. The Labute approximate surface area is 194 Å². The van der Waals surface area contributed by atoms with Crippen molar-refractivity contribution in [1.82, 2.24) is 0 Å². The van der Waals surface area contributed by atoms with Gasteiger partial charge in [0.15, 0.2) is 0 Å². The summed E-state index contributed by atoms with van der Waals surface area (Å²) >= 11 is 0. The van der Waals surface area contributed by atoms with Gasteiger partial charge in [0.1, 0.15) is 33.2 Å². The average molecular weight is 464 g/mol. The first-order chi connectivity index (χ1) is 16.5. The maximum absolute atomic E-state index is 14.2. The Morgan fingerprint density at radius 3 is 1.09 bits per heavy atom. The molecule has 0 aromatic rings. The van der Waals surface area contributed by atoms with Crippen LogP contribution in [-0.2, 0) is 38.0 Å². The molecule has 12 aliphatic carbocycles. The van der Waals surface area contributed by atoms with Crippen molar-refractivity contribution in [3.05, 3.63) is 0 Å². The quantitative estimate of drug-likeness (QED) is 0.411. The normalized spacial score (nSPS) is 87.4. The Kier molecular flexibility index (Phi) is 1.63. The molecule has 12 unspecified atom stereocenters. The minimum Gasteiger partial charge on any atom is -0.468 e. The summed E-state index contributed by atoms with van der Waals surface area (Å²) in [7, 11) is 6.77. The van der Waals surface area contributed by atoms with E-state index < -0.39 is 22.0 Å². The predicted molar refractivity (Wildman–Crippen MR) is 103 cm³/mol. The first kappa shape index (κ1) is 16.5. The van der Waals surface area contributed by atoms with E-state index in [0.717, 1.165) is 0 Å². The standard InChI is InChI=1S/C26H24O8/c1-29-17(27)19-9-5-6-10(19)24-14-8-7-13(21(14,19)31-3)23(9)25(33-23)11(5)20(18(28)30-2)12(6)26(24,34-24)16(8)22(20,32-4)15(7)25/h5-16H,1-4H3. The van der Waals surface area contributed by atoms with Crippen LogP contribution in [0.1, 0.15) is 0 Å². The van der Waals surface area contributed by atoms with Gasteiger partial charge in [0, 0.05) is 61.6 Å². The van der Waals surface area contributed by atoms with Crippen molar-refractivity contribution < 1.29 is 38.0 Å². The molecule has 14 aliphatic rings. The molecule has 14 fully saturated rings. The maximum Gasteiger partial charge on any atom is 0.315 e. The van der Waals surface area contributed by atoms with Crippen LogP contribution in [0.25, 0.3) is 0 Å². The highest BCUT2D eigenvalue weighted by atomic mass is 16.7. The molecule has 2 saturated heterocycles. The van der Waals surface area contributed by atoms with Crippen LogP contribution in [0, 0.1) is 81.8 Å². The lowest BCUT2D eigenvalue weighted by Gasteiger charge is -2.48. The lowest BCUT2D eigenvalue weighted by Crippen LogP contribution is -2.61. The highest BCUT2D eigenvalue weighted by Gasteiger charge is 3.28. The van der Waals surface area contributed by atoms with Gasteiger partial charge in [0.05, 0.1) is 25.4 Å². The Morgan fingerprint density at radius 1 is 0.529 bits per heavy atom. The molecular weight excluding hydrogens is 440 g/mol. The van der Waals surface area contributed by atoms with Crippen molar-refractivity contribution in [2.75, 3.05) is 28.4 Å². The van der Waals surface area contributed by atoms with Gasteiger partial charge in [-0.05, 0) is 23.7 Å². The summed E-state index contributed by atoms with van der Waals surface area (Å²) < 4.78 is 39.4. The maximum atomic E-state index is 14.2. The van der Waals surface area contributed by atoms with Gasteiger partial charge in [-0.15, -0.1) is 0 Å². The van der Waals surface area contributed by atoms with E-state index in [-0.39, 0.29) is 93.5 Å². The van der Waals surface area contributed by atoms with Crippen molar-refractivity contribution in [3.63, 3.8) is 0 Å². The fourth-order valence-electron chi connectivity index (χ4n) is 18.3. The molecule has 0 aromatic carbocycles. The van der Waals surface area contributed by atoms with Crippen molar-refractivity contribution >= 4 is 11.9 Å². The van der Waals surface area contributed by atoms with Gasteiger partial charge in [-0.1, -0.05) is 0 Å². The Hall–Kier alpha value is -1.22. The molecule has 4 spiro atoms. The SMILES string of the molecule is COC(=O)C12C3C4C5C1C16OC17C1C8C9C(C3%10OC%103C9C1(OC)C(C(=O)OC)(C43)C57)C2(OC)C86. The number of rotatable bonds is 4. The summed E-state index contributed by atoms with van der Waals surface area (Å²) in [5.74, 6) is 1.87. The number of methoxy groups -OCH3 is 4. The molecule has 2 aliphatic heterocycles. The summed E-state index contributed by atoms with van der Waals surface area (Å²) in [6, 6.07) is 0. The molecule has 0 radical (unpaired) electrons. The molecule has 14 rings (SSSR count). The molecule has 8 heteroatoms. The van der Waals surface area contributed by atoms with E-state index in [4.69, 9.17) is 28.4 Å². The number of hydrogen-bond acceptors (Lipinski definition) is 8. The van der Waals surface area contributed by atoms with Gasteiger partial charge in [0.25, 0.3) is 0 Å². The summed E-state index contributed by atoms with van der Waals surface area (Å²) in [5.41, 5.74) is -4.13. The molecular formula is C26H24O8. The molecule has 12 saturated carbocycles. The van der Waals surface area contributed by atoms with E-state index >= 15 is 0 Å². The van der Waals surface area contributed by atoms with Crippen molar-refractivity contribution in [2.24, 2.45) is 81.8 Å². The summed E-state index contributed by atoms with van der Waals surface area (Å²) in [4.78, 5) is 28.5. The predicted octanol–water partition coefficient (Wildman–Crippen LogP) is -0.365. The highest BCUT2D eigenvalue weighted by molar-refractivity contribution is 5.94. The van der Waals surface area contributed by atoms with Crippen LogP contribution in [0.3, 0.4) is 0 Å². The third-order valence-electron chi connectivity index (χ3n) is 16.3. The summed E-state index contributed by atoms with van der Waals surface area (Å²) in [5, 5.41) is 0. The second-order valence-corrected chi connectivity index (χ2v) is 14.2. The molecule has 34 heavy (non-hydrogen) atoms. The summed E-state index contributed by atoms with van der Waals surface area (Å²) in [6.45, 7) is 0. The topological polar surface area (TPSA) is 96.1 Å². The zero-order chi connectivity index (χ0) is 22.3. The fraction of sp³-hybridized carbons (Fsp3) is 0.923. The average Bonchev–Trinajstić information content (AvgIpc) is 3.32. The van der Waals surface area contributed by atoms with E-state index in [0.29, 0.717) is 11.8 Å². The van der Waals surface area contributed by atoms with Crippen LogP contribution >= 0.6 is 0 Å². The van der Waals surface area contributed by atoms with E-state index in [2.05, 4.69) is 0 Å². The van der Waals surface area contributed by atoms with Crippen LogP contribution in [-0.4, -0.2) is 74.0 Å². The van der Waals surface area contributed by atoms with Gasteiger partial charge >= 0.3 is 11.9 Å². The number of carbonyl (C=O) groups excluding carboxylic acids is 2. The molecule has 2 heterocycles. The van der Waals surface area contributed by atoms with Gasteiger partial charge < -0.3 is 28.4 Å². The zero-order valence-electron chi connectivity index (χ0n) is 19.2. The smallest absolute Gasteiger partial charge is 0.315 e. The molecule has 0 aromatic heterocycles.